The summed E-state index contributed by atoms with van der Waals surface area (Å²) < 4.78 is 49.4. The number of benzene rings is 1. The number of pyridine rings is 1. The van der Waals surface area contributed by atoms with Crippen LogP contribution in [0.25, 0.3) is 10.9 Å². The number of aliphatic carboxylic acids is 1. The molecule has 1 aliphatic heterocycles. The Morgan fingerprint density at radius 3 is 2.32 bits per heavy atom. The fraction of sp³-hybridized carbons (Fsp3) is 0.462. The number of halogens is 3. The summed E-state index contributed by atoms with van der Waals surface area (Å²) in [5.74, 6) is 0.0342. The van der Waals surface area contributed by atoms with E-state index in [0.29, 0.717) is 35.9 Å². The van der Waals surface area contributed by atoms with Crippen LogP contribution in [-0.4, -0.2) is 96.6 Å². The third kappa shape index (κ3) is 9.46. The van der Waals surface area contributed by atoms with E-state index in [1.807, 2.05) is 24.4 Å². The molecule has 1 saturated heterocycles. The van der Waals surface area contributed by atoms with Crippen LogP contribution in [0.4, 0.5) is 30.8 Å². The standard InChI is InChI=1S/C24H34N7O2P.C2HF3O2/c1-5-30-11-13-31(14-12-30)21-10-9-18(15-25-21)16-26-23-19-7-6-8-20(33-2)22(19)28-24(29-23)27-17-34(3,4)32;3-2(4,5)1(6)7/h6-10,15H,5,11-14,16-17H2,1-4H3,(H2,26,27,28,29);(H,6,7). The molecule has 15 heteroatoms. The second-order valence-corrected chi connectivity index (χ2v) is 13.2. The predicted octanol–water partition coefficient (Wildman–Crippen LogP) is 4.41. The van der Waals surface area contributed by atoms with Crippen LogP contribution in [0.15, 0.2) is 36.5 Å². The van der Waals surface area contributed by atoms with Crippen LogP contribution in [0.5, 0.6) is 5.75 Å². The quantitative estimate of drug-likeness (QED) is 0.303. The molecule has 41 heavy (non-hydrogen) atoms. The summed E-state index contributed by atoms with van der Waals surface area (Å²) >= 11 is 0. The largest absolute Gasteiger partial charge is 0.494 e. The molecule has 0 bridgehead atoms. The maximum absolute atomic E-state index is 12.2. The summed E-state index contributed by atoms with van der Waals surface area (Å²) in [7, 11) is -0.645. The summed E-state index contributed by atoms with van der Waals surface area (Å²) in [5.41, 5.74) is 1.76. The molecule has 3 aromatic rings. The van der Waals surface area contributed by atoms with Crippen molar-refractivity contribution >= 4 is 41.6 Å². The van der Waals surface area contributed by atoms with Crippen molar-refractivity contribution in [3.05, 3.63) is 42.1 Å². The lowest BCUT2D eigenvalue weighted by atomic mass is 10.2. The number of nitrogens with one attached hydrogen (secondary N) is 2. The molecule has 0 spiro atoms. The first-order valence-electron chi connectivity index (χ1n) is 12.9. The first-order valence-corrected chi connectivity index (χ1v) is 15.7. The van der Waals surface area contributed by atoms with E-state index in [2.05, 4.69) is 49.5 Å². The number of carboxylic acids is 1. The van der Waals surface area contributed by atoms with Crippen molar-refractivity contribution in [3.63, 3.8) is 0 Å². The van der Waals surface area contributed by atoms with Gasteiger partial charge in [0.25, 0.3) is 0 Å². The zero-order valence-electron chi connectivity index (χ0n) is 23.4. The Kier molecular flexibility index (Phi) is 10.7. The highest BCUT2D eigenvalue weighted by atomic mass is 31.2. The van der Waals surface area contributed by atoms with Gasteiger partial charge in [0, 0.05) is 44.3 Å². The number of nitrogens with zero attached hydrogens (tertiary/aromatic N) is 5. The zero-order valence-corrected chi connectivity index (χ0v) is 24.3. The summed E-state index contributed by atoms with van der Waals surface area (Å²) in [6.45, 7) is 11.5. The maximum atomic E-state index is 12.2. The van der Waals surface area contributed by atoms with E-state index >= 15 is 0 Å². The Hall–Kier alpha value is -3.64. The van der Waals surface area contributed by atoms with Gasteiger partial charge in [-0.3, -0.25) is 0 Å². The topological polar surface area (TPSA) is 133 Å². The van der Waals surface area contributed by atoms with Gasteiger partial charge < -0.3 is 34.8 Å². The molecule has 11 nitrogen and oxygen atoms in total. The lowest BCUT2D eigenvalue weighted by molar-refractivity contribution is -0.192. The summed E-state index contributed by atoms with van der Waals surface area (Å²) in [6.07, 6.45) is -2.84. The van der Waals surface area contributed by atoms with Crippen molar-refractivity contribution in [2.45, 2.75) is 19.6 Å². The van der Waals surface area contributed by atoms with E-state index in [-0.39, 0.29) is 0 Å². The molecule has 0 saturated carbocycles. The van der Waals surface area contributed by atoms with Crippen LogP contribution in [0.2, 0.25) is 0 Å². The normalized spacial score (nSPS) is 14.3. The average Bonchev–Trinajstić information content (AvgIpc) is 2.94. The molecule has 3 N–H and O–H groups in total. The predicted molar refractivity (Wildman–Crippen MR) is 154 cm³/mol. The average molecular weight is 598 g/mol. The minimum absolute atomic E-state index is 0.324. The van der Waals surface area contributed by atoms with Crippen LogP contribution in [-0.2, 0) is 15.9 Å². The lowest BCUT2D eigenvalue weighted by Gasteiger charge is -2.34. The van der Waals surface area contributed by atoms with Gasteiger partial charge in [0.15, 0.2) is 0 Å². The van der Waals surface area contributed by atoms with Crippen molar-refractivity contribution in [1.29, 1.82) is 0 Å². The number of rotatable bonds is 9. The van der Waals surface area contributed by atoms with Gasteiger partial charge in [-0.15, -0.1) is 0 Å². The fourth-order valence-corrected chi connectivity index (χ4v) is 4.47. The number of carboxylic acid groups (broad SMARTS) is 1. The fourth-order valence-electron chi connectivity index (χ4n) is 3.95. The third-order valence-electron chi connectivity index (χ3n) is 6.18. The Bertz CT molecular complexity index is 1360. The molecule has 0 atom stereocenters. The van der Waals surface area contributed by atoms with Crippen molar-refractivity contribution < 1.29 is 32.4 Å². The van der Waals surface area contributed by atoms with Gasteiger partial charge >= 0.3 is 12.1 Å². The number of anilines is 3. The number of hydrogen-bond donors (Lipinski definition) is 3. The van der Waals surface area contributed by atoms with Gasteiger partial charge in [-0.2, -0.15) is 18.2 Å². The third-order valence-corrected chi connectivity index (χ3v) is 7.10. The summed E-state index contributed by atoms with van der Waals surface area (Å²) in [4.78, 5) is 27.7. The number of aromatic nitrogens is 3. The number of para-hydroxylation sites is 1. The Morgan fingerprint density at radius 2 is 1.78 bits per heavy atom. The smallest absolute Gasteiger partial charge is 0.490 e. The van der Waals surface area contributed by atoms with E-state index in [1.54, 1.807) is 20.4 Å². The van der Waals surface area contributed by atoms with Crippen molar-refractivity contribution in [2.24, 2.45) is 0 Å². The molecule has 2 aromatic heterocycles. The van der Waals surface area contributed by atoms with Crippen molar-refractivity contribution in [1.82, 2.24) is 19.9 Å². The molecule has 3 heterocycles. The number of likely N-dealkylation sites (N-methyl/N-ethyl adjacent to an activating group) is 1. The second kappa shape index (κ2) is 13.8. The number of fused-ring (bicyclic) bond motifs is 1. The highest BCUT2D eigenvalue weighted by molar-refractivity contribution is 7.62. The van der Waals surface area contributed by atoms with Crippen LogP contribution in [0.1, 0.15) is 12.5 Å². The van der Waals surface area contributed by atoms with E-state index in [9.17, 15) is 17.7 Å². The number of alkyl halides is 3. The van der Waals surface area contributed by atoms with Crippen molar-refractivity contribution in [2.75, 3.05) is 75.0 Å². The van der Waals surface area contributed by atoms with Gasteiger partial charge in [-0.1, -0.05) is 19.1 Å². The minimum Gasteiger partial charge on any atom is -0.494 e. The van der Waals surface area contributed by atoms with Gasteiger partial charge in [-0.25, -0.2) is 14.8 Å². The lowest BCUT2D eigenvalue weighted by Crippen LogP contribution is -2.46. The Morgan fingerprint density at radius 1 is 1.10 bits per heavy atom. The van der Waals surface area contributed by atoms with Crippen LogP contribution < -0.4 is 20.3 Å². The molecular formula is C26H35F3N7O4P. The van der Waals surface area contributed by atoms with Crippen molar-refractivity contribution in [3.8, 4) is 5.75 Å². The monoisotopic (exact) mass is 597 g/mol. The highest BCUT2D eigenvalue weighted by Crippen LogP contribution is 2.36. The molecule has 224 valence electrons. The summed E-state index contributed by atoms with van der Waals surface area (Å²) in [6, 6.07) is 9.95. The first kappa shape index (κ1) is 31.9. The van der Waals surface area contributed by atoms with E-state index in [1.165, 1.54) is 0 Å². The number of piperazine rings is 1. The highest BCUT2D eigenvalue weighted by Gasteiger charge is 2.38. The van der Waals surface area contributed by atoms with Gasteiger partial charge in [-0.05, 0) is 43.6 Å². The molecule has 1 fully saturated rings. The second-order valence-electron chi connectivity index (χ2n) is 9.76. The SMILES string of the molecule is CCN1CCN(c2ccc(CNc3nc(NCP(C)(C)=O)nc4c(OC)cccc34)cn2)CC1.O=C(O)C(F)(F)F. The molecular weight excluding hydrogens is 562 g/mol. The van der Waals surface area contributed by atoms with Crippen LogP contribution >= 0.6 is 7.14 Å². The summed E-state index contributed by atoms with van der Waals surface area (Å²) in [5, 5.41) is 14.5. The Balaban J connectivity index is 0.000000587. The molecule has 0 radical (unpaired) electrons. The number of hydrogen-bond acceptors (Lipinski definition) is 10. The Labute approximate surface area is 236 Å². The first-order chi connectivity index (χ1) is 19.3. The van der Waals surface area contributed by atoms with E-state index in [0.717, 1.165) is 49.5 Å². The van der Waals surface area contributed by atoms with Crippen LogP contribution in [0, 0.1) is 0 Å². The molecule has 0 unspecified atom stereocenters. The number of ether oxygens (including phenoxy) is 1. The molecule has 0 aliphatic carbocycles. The molecule has 0 amide bonds. The molecule has 4 rings (SSSR count). The van der Waals surface area contributed by atoms with E-state index in [4.69, 9.17) is 19.6 Å². The van der Waals surface area contributed by atoms with Crippen LogP contribution in [0.3, 0.4) is 0 Å². The van der Waals surface area contributed by atoms with Gasteiger partial charge in [0.05, 0.1) is 13.4 Å². The number of methoxy groups -OCH3 is 1. The van der Waals surface area contributed by atoms with Gasteiger partial charge in [0.2, 0.25) is 5.95 Å². The zero-order chi connectivity index (χ0) is 30.2. The molecule has 1 aliphatic rings. The number of carbonyl (C=O) groups is 1. The molecule has 1 aromatic carbocycles. The minimum atomic E-state index is -5.08. The van der Waals surface area contributed by atoms with E-state index < -0.39 is 19.3 Å². The maximum Gasteiger partial charge on any atom is 0.490 e. The van der Waals surface area contributed by atoms with Gasteiger partial charge in [0.1, 0.15) is 30.0 Å².